The fraction of sp³-hybridized carbons (Fsp3) is 0. The van der Waals surface area contributed by atoms with E-state index in [4.69, 9.17) is 33.2 Å². The summed E-state index contributed by atoms with van der Waals surface area (Å²) in [4.78, 5) is 10.2. The molecular formula is C26H16Cl2N2. The molecule has 2 nitrogen and oxygen atoms in total. The van der Waals surface area contributed by atoms with Gasteiger partial charge in [0.05, 0.1) is 22.1 Å². The zero-order valence-corrected chi connectivity index (χ0v) is 17.4. The van der Waals surface area contributed by atoms with Crippen LogP contribution in [-0.2, 0) is 0 Å². The van der Waals surface area contributed by atoms with Crippen molar-refractivity contribution < 1.29 is 0 Å². The van der Waals surface area contributed by atoms with Crippen LogP contribution >= 0.6 is 23.2 Å². The molecule has 5 rings (SSSR count). The summed E-state index contributed by atoms with van der Waals surface area (Å²) in [5.74, 6) is 0. The molecule has 30 heavy (non-hydrogen) atoms. The third-order valence-electron chi connectivity index (χ3n) is 4.99. The lowest BCUT2D eigenvalue weighted by molar-refractivity contribution is 1.20. The minimum absolute atomic E-state index is 0.644. The van der Waals surface area contributed by atoms with Crippen molar-refractivity contribution in [2.45, 2.75) is 0 Å². The molecule has 0 saturated carbocycles. The van der Waals surface area contributed by atoms with Gasteiger partial charge in [-0.3, -0.25) is 0 Å². The van der Waals surface area contributed by atoms with E-state index in [1.54, 1.807) is 0 Å². The molecule has 4 aromatic carbocycles. The summed E-state index contributed by atoms with van der Waals surface area (Å²) in [6, 6.07) is 31.6. The second-order valence-electron chi connectivity index (χ2n) is 6.98. The Hall–Kier alpha value is -3.20. The monoisotopic (exact) mass is 426 g/mol. The van der Waals surface area contributed by atoms with Gasteiger partial charge >= 0.3 is 0 Å². The lowest BCUT2D eigenvalue weighted by Gasteiger charge is -2.09. The quantitative estimate of drug-likeness (QED) is 0.457. The Kier molecular flexibility index (Phi) is 4.96. The molecule has 4 aromatic rings. The number of halogens is 2. The lowest BCUT2D eigenvalue weighted by atomic mass is 10.1. The first-order chi connectivity index (χ1) is 14.7. The average molecular weight is 427 g/mol. The van der Waals surface area contributed by atoms with Crippen molar-refractivity contribution in [3.05, 3.63) is 139 Å². The van der Waals surface area contributed by atoms with Gasteiger partial charge in [-0.2, -0.15) is 0 Å². The van der Waals surface area contributed by atoms with Gasteiger partial charge < -0.3 is 0 Å². The van der Waals surface area contributed by atoms with Crippen molar-refractivity contribution in [2.24, 2.45) is 9.98 Å². The largest absolute Gasteiger partial charge is 0.247 e. The maximum absolute atomic E-state index is 6.38. The predicted octanol–water partition coefficient (Wildman–Crippen LogP) is 4.26. The second-order valence-corrected chi connectivity index (χ2v) is 7.85. The first-order valence-electron chi connectivity index (χ1n) is 9.57. The second kappa shape index (κ2) is 7.91. The highest BCUT2D eigenvalue weighted by molar-refractivity contribution is 6.30. The van der Waals surface area contributed by atoms with Gasteiger partial charge in [0.15, 0.2) is 0 Å². The van der Waals surface area contributed by atoms with E-state index in [-0.39, 0.29) is 0 Å². The molecule has 0 unspecified atom stereocenters. The molecule has 1 aliphatic rings. The van der Waals surface area contributed by atoms with Gasteiger partial charge in [-0.1, -0.05) is 83.9 Å². The number of rotatable bonds is 2. The minimum atomic E-state index is 0.644. The highest BCUT2D eigenvalue weighted by Gasteiger charge is 2.10. The Labute approximate surface area is 183 Å². The maximum Gasteiger partial charge on any atom is 0.0804 e. The summed E-state index contributed by atoms with van der Waals surface area (Å²) in [5, 5.41) is 4.69. The Morgan fingerprint density at radius 2 is 0.867 bits per heavy atom. The molecule has 0 amide bonds. The fourth-order valence-corrected chi connectivity index (χ4v) is 3.93. The molecule has 0 atom stereocenters. The summed E-state index contributed by atoms with van der Waals surface area (Å²) >= 11 is 12.8. The van der Waals surface area contributed by atoms with E-state index in [1.807, 2.05) is 97.1 Å². The standard InChI is InChI=1S/C26H16Cl2N2/c27-19-11-13-23-21(15-19)25(17-7-3-1-4-8-17)29-24-14-12-20(28)16-22(24)26(30-23)18-9-5-2-6-10-18/h1-16H/b25-21-,26-22-,29-24+,29-25?,30-23+,30-26?. The van der Waals surface area contributed by atoms with Crippen LogP contribution < -0.4 is 21.2 Å². The van der Waals surface area contributed by atoms with Crippen LogP contribution in [0.5, 0.6) is 0 Å². The molecule has 0 radical (unpaired) electrons. The Bertz CT molecular complexity index is 1380. The zero-order valence-electron chi connectivity index (χ0n) is 15.9. The van der Waals surface area contributed by atoms with Crippen LogP contribution in [0.15, 0.2) is 107 Å². The van der Waals surface area contributed by atoms with Gasteiger partial charge in [0.1, 0.15) is 0 Å². The highest BCUT2D eigenvalue weighted by Crippen LogP contribution is 2.16. The van der Waals surface area contributed by atoms with Crippen LogP contribution in [0.3, 0.4) is 0 Å². The molecule has 0 N–H and O–H groups in total. The molecule has 1 aliphatic heterocycles. The number of nitrogens with zero attached hydrogens (tertiary/aromatic N) is 2. The summed E-state index contributed by atoms with van der Waals surface area (Å²) in [5.41, 5.74) is 3.65. The van der Waals surface area contributed by atoms with Crippen LogP contribution in [0.2, 0.25) is 10.0 Å². The Morgan fingerprint density at radius 1 is 0.467 bits per heavy atom. The third-order valence-corrected chi connectivity index (χ3v) is 5.46. The first kappa shape index (κ1) is 18.8. The van der Waals surface area contributed by atoms with Crippen LogP contribution in [0, 0.1) is 0 Å². The van der Waals surface area contributed by atoms with Crippen molar-refractivity contribution in [3.63, 3.8) is 0 Å². The van der Waals surface area contributed by atoms with E-state index in [1.165, 1.54) is 0 Å². The number of fused-ring (bicyclic) bond motifs is 2. The molecule has 0 fully saturated rings. The summed E-state index contributed by atoms with van der Waals surface area (Å²) < 4.78 is 0. The van der Waals surface area contributed by atoms with Crippen LogP contribution in [0.1, 0.15) is 11.1 Å². The van der Waals surface area contributed by atoms with Gasteiger partial charge in [0, 0.05) is 31.6 Å². The van der Waals surface area contributed by atoms with Crippen molar-refractivity contribution in [3.8, 4) is 0 Å². The number of benzene rings is 4. The van der Waals surface area contributed by atoms with Gasteiger partial charge in [-0.15, -0.1) is 0 Å². The maximum atomic E-state index is 6.38. The lowest BCUT2D eigenvalue weighted by Crippen LogP contribution is -2.34. The summed E-state index contributed by atoms with van der Waals surface area (Å²) in [7, 11) is 0. The van der Waals surface area contributed by atoms with E-state index < -0.39 is 0 Å². The Morgan fingerprint density at radius 3 is 1.27 bits per heavy atom. The third kappa shape index (κ3) is 3.56. The number of hydrogen-bond donors (Lipinski definition) is 0. The average Bonchev–Trinajstić information content (AvgIpc) is 2.77. The molecule has 1 heterocycles. The minimum Gasteiger partial charge on any atom is -0.247 e. The van der Waals surface area contributed by atoms with Crippen molar-refractivity contribution in [1.82, 2.24) is 0 Å². The van der Waals surface area contributed by atoms with Gasteiger partial charge in [0.25, 0.3) is 0 Å². The molecule has 0 spiro atoms. The number of hydrogen-bond acceptors (Lipinski definition) is 2. The summed E-state index contributed by atoms with van der Waals surface area (Å²) in [6.45, 7) is 0. The van der Waals surface area contributed by atoms with E-state index >= 15 is 0 Å². The van der Waals surface area contributed by atoms with Crippen LogP contribution in [0.4, 0.5) is 0 Å². The van der Waals surface area contributed by atoms with Crippen LogP contribution in [0.25, 0.3) is 11.4 Å². The van der Waals surface area contributed by atoms with E-state index in [0.717, 1.165) is 43.7 Å². The van der Waals surface area contributed by atoms with E-state index in [0.29, 0.717) is 10.0 Å². The fourth-order valence-electron chi connectivity index (χ4n) is 3.58. The van der Waals surface area contributed by atoms with Gasteiger partial charge in [-0.05, 0) is 36.4 Å². The van der Waals surface area contributed by atoms with E-state index in [9.17, 15) is 0 Å². The molecular weight excluding hydrogens is 411 g/mol. The molecule has 4 heteroatoms. The molecule has 0 saturated heterocycles. The van der Waals surface area contributed by atoms with Gasteiger partial charge in [0.2, 0.25) is 0 Å². The molecule has 0 aromatic heterocycles. The molecule has 0 bridgehead atoms. The van der Waals surface area contributed by atoms with E-state index in [2.05, 4.69) is 0 Å². The van der Waals surface area contributed by atoms with Crippen molar-refractivity contribution >= 4 is 34.6 Å². The highest BCUT2D eigenvalue weighted by atomic mass is 35.5. The Balaban J connectivity index is 2.01. The van der Waals surface area contributed by atoms with Crippen LogP contribution in [-0.4, -0.2) is 0 Å². The smallest absolute Gasteiger partial charge is 0.0804 e. The normalized spacial score (nSPS) is 18.6. The molecule has 144 valence electrons. The van der Waals surface area contributed by atoms with Gasteiger partial charge in [-0.25, -0.2) is 9.98 Å². The summed E-state index contributed by atoms with van der Waals surface area (Å²) in [6.07, 6.45) is 0. The SMILES string of the molecule is Clc1ccc2/c(c1)=C(c1ccccc1)\N=c1/ccc(Cl)c/c1=C(c1ccccc1)/N=2. The zero-order chi connectivity index (χ0) is 20.5. The van der Waals surface area contributed by atoms with Crippen molar-refractivity contribution in [1.29, 1.82) is 0 Å². The predicted molar refractivity (Wildman–Crippen MR) is 122 cm³/mol. The molecule has 0 aliphatic carbocycles. The van der Waals surface area contributed by atoms with Crippen molar-refractivity contribution in [2.75, 3.05) is 0 Å². The topological polar surface area (TPSA) is 24.7 Å². The first-order valence-corrected chi connectivity index (χ1v) is 10.3.